The fourth-order valence-electron chi connectivity index (χ4n) is 2.42. The number of amides is 1. The monoisotopic (exact) mass is 318 g/mol. The molecule has 0 bridgehead atoms. The summed E-state index contributed by atoms with van der Waals surface area (Å²) in [6.45, 7) is 0. The molecule has 116 valence electrons. The number of nitrogen functional groups attached to an aromatic ring is 1. The Morgan fingerprint density at radius 2 is 2.09 bits per heavy atom. The molecule has 22 heavy (non-hydrogen) atoms. The predicted molar refractivity (Wildman–Crippen MR) is 88.2 cm³/mol. The Bertz CT molecular complexity index is 615. The summed E-state index contributed by atoms with van der Waals surface area (Å²) in [7, 11) is 0. The first-order valence-electron chi connectivity index (χ1n) is 7.33. The van der Waals surface area contributed by atoms with Gasteiger partial charge in [-0.05, 0) is 31.0 Å². The van der Waals surface area contributed by atoms with Crippen molar-refractivity contribution in [1.29, 1.82) is 5.26 Å². The highest BCUT2D eigenvalue weighted by molar-refractivity contribution is 6.33. The van der Waals surface area contributed by atoms with Crippen molar-refractivity contribution in [3.63, 3.8) is 0 Å². The maximum Gasteiger partial charge on any atom is 0.267 e. The molecule has 1 aromatic carbocycles. The zero-order valence-electron chi connectivity index (χ0n) is 12.2. The van der Waals surface area contributed by atoms with E-state index in [9.17, 15) is 4.79 Å². The summed E-state index contributed by atoms with van der Waals surface area (Å²) < 4.78 is 0. The van der Waals surface area contributed by atoms with Crippen LogP contribution in [-0.4, -0.2) is 11.9 Å². The summed E-state index contributed by atoms with van der Waals surface area (Å²) >= 11 is 5.91. The van der Waals surface area contributed by atoms with Crippen LogP contribution in [0.3, 0.4) is 0 Å². The Kier molecular flexibility index (Phi) is 5.68. The average Bonchev–Trinajstić information content (AvgIpc) is 2.52. The van der Waals surface area contributed by atoms with E-state index in [4.69, 9.17) is 22.6 Å². The fraction of sp³-hybridized carbons (Fsp3) is 0.375. The van der Waals surface area contributed by atoms with Crippen molar-refractivity contribution in [1.82, 2.24) is 5.32 Å². The van der Waals surface area contributed by atoms with Crippen LogP contribution in [-0.2, 0) is 4.79 Å². The van der Waals surface area contributed by atoms with E-state index in [0.717, 1.165) is 12.8 Å². The van der Waals surface area contributed by atoms with E-state index in [2.05, 4.69) is 10.6 Å². The molecule has 1 aliphatic rings. The first-order valence-corrected chi connectivity index (χ1v) is 7.70. The second kappa shape index (κ2) is 7.71. The van der Waals surface area contributed by atoms with Gasteiger partial charge in [-0.2, -0.15) is 5.26 Å². The van der Waals surface area contributed by atoms with Crippen LogP contribution < -0.4 is 16.4 Å². The Hall–Kier alpha value is -2.19. The number of carbonyl (C=O) groups excluding carboxylic acids is 1. The van der Waals surface area contributed by atoms with Crippen molar-refractivity contribution in [2.24, 2.45) is 0 Å². The zero-order valence-corrected chi connectivity index (χ0v) is 13.0. The molecule has 2 rings (SSSR count). The van der Waals surface area contributed by atoms with E-state index in [1.165, 1.54) is 25.5 Å². The molecule has 0 aromatic heterocycles. The van der Waals surface area contributed by atoms with Gasteiger partial charge in [-0.25, -0.2) is 0 Å². The Morgan fingerprint density at radius 3 is 2.73 bits per heavy atom. The smallest absolute Gasteiger partial charge is 0.267 e. The number of rotatable bonds is 4. The molecule has 0 aliphatic heterocycles. The molecular formula is C16H19ClN4O. The number of benzene rings is 1. The molecule has 4 N–H and O–H groups in total. The highest BCUT2D eigenvalue weighted by atomic mass is 35.5. The molecule has 0 spiro atoms. The van der Waals surface area contributed by atoms with E-state index >= 15 is 0 Å². The third kappa shape index (κ3) is 4.40. The third-order valence-electron chi connectivity index (χ3n) is 3.69. The van der Waals surface area contributed by atoms with E-state index in [0.29, 0.717) is 22.4 Å². The molecule has 1 amide bonds. The first-order chi connectivity index (χ1) is 10.6. The van der Waals surface area contributed by atoms with Crippen molar-refractivity contribution in [3.8, 4) is 6.07 Å². The second-order valence-electron chi connectivity index (χ2n) is 5.36. The zero-order chi connectivity index (χ0) is 15.9. The second-order valence-corrected chi connectivity index (χ2v) is 5.77. The molecule has 1 saturated carbocycles. The summed E-state index contributed by atoms with van der Waals surface area (Å²) in [4.78, 5) is 12.1. The number of nitrogens with one attached hydrogen (secondary N) is 2. The van der Waals surface area contributed by atoms with Gasteiger partial charge in [-0.15, -0.1) is 0 Å². The Labute approximate surface area is 135 Å². The van der Waals surface area contributed by atoms with Crippen LogP contribution in [0.4, 0.5) is 11.4 Å². The molecule has 1 aliphatic carbocycles. The topological polar surface area (TPSA) is 90.9 Å². The van der Waals surface area contributed by atoms with Gasteiger partial charge in [0.25, 0.3) is 5.91 Å². The normalized spacial score (nSPS) is 15.9. The Balaban J connectivity index is 1.98. The molecule has 0 heterocycles. The van der Waals surface area contributed by atoms with E-state index in [1.54, 1.807) is 18.2 Å². The molecule has 5 nitrogen and oxygen atoms in total. The number of hydrogen-bond donors (Lipinski definition) is 3. The number of nitrogens with two attached hydrogens (primary N) is 1. The van der Waals surface area contributed by atoms with Crippen molar-refractivity contribution in [2.45, 2.75) is 38.1 Å². The number of anilines is 2. The van der Waals surface area contributed by atoms with E-state index in [-0.39, 0.29) is 5.57 Å². The van der Waals surface area contributed by atoms with Crippen molar-refractivity contribution in [3.05, 3.63) is 35.0 Å². The maximum atomic E-state index is 12.1. The van der Waals surface area contributed by atoms with Gasteiger partial charge in [-0.1, -0.05) is 30.9 Å². The summed E-state index contributed by atoms with van der Waals surface area (Å²) in [5.41, 5.74) is 6.60. The highest BCUT2D eigenvalue weighted by Crippen LogP contribution is 2.23. The van der Waals surface area contributed by atoms with Crippen LogP contribution in [0.15, 0.2) is 30.0 Å². The number of halogens is 1. The highest BCUT2D eigenvalue weighted by Gasteiger charge is 2.14. The van der Waals surface area contributed by atoms with Gasteiger partial charge in [-0.3, -0.25) is 4.79 Å². The molecule has 6 heteroatoms. The largest absolute Gasteiger partial charge is 0.398 e. The van der Waals surface area contributed by atoms with Crippen molar-refractivity contribution in [2.75, 3.05) is 11.1 Å². The van der Waals surface area contributed by atoms with Gasteiger partial charge in [0.1, 0.15) is 11.6 Å². The summed E-state index contributed by atoms with van der Waals surface area (Å²) in [5, 5.41) is 15.3. The molecule has 0 saturated heterocycles. The first kappa shape index (κ1) is 16.2. The van der Waals surface area contributed by atoms with Gasteiger partial charge >= 0.3 is 0 Å². The minimum atomic E-state index is -0.466. The SMILES string of the molecule is N#C/C(=C/NC1CCCCC1)C(=O)Nc1ccc(N)c(Cl)c1. The molecular weight excluding hydrogens is 300 g/mol. The molecule has 0 radical (unpaired) electrons. The van der Waals surface area contributed by atoms with Crippen molar-refractivity contribution < 1.29 is 4.79 Å². The molecule has 1 aromatic rings. The lowest BCUT2D eigenvalue weighted by Crippen LogP contribution is -2.28. The van der Waals surface area contributed by atoms with Gasteiger partial charge in [0.05, 0.1) is 10.7 Å². The minimum absolute atomic E-state index is 0.0403. The van der Waals surface area contributed by atoms with Crippen LogP contribution in [0.5, 0.6) is 0 Å². The Morgan fingerprint density at radius 1 is 1.36 bits per heavy atom. The van der Waals surface area contributed by atoms with Gasteiger partial charge in [0.2, 0.25) is 0 Å². The summed E-state index contributed by atoms with van der Waals surface area (Å²) in [6.07, 6.45) is 7.28. The maximum absolute atomic E-state index is 12.1. The van der Waals surface area contributed by atoms with Crippen LogP contribution >= 0.6 is 11.6 Å². The lowest BCUT2D eigenvalue weighted by atomic mass is 9.96. The van der Waals surface area contributed by atoms with Crippen LogP contribution in [0.1, 0.15) is 32.1 Å². The lowest BCUT2D eigenvalue weighted by molar-refractivity contribution is -0.112. The summed E-state index contributed by atoms with van der Waals surface area (Å²) in [5.74, 6) is -0.466. The molecule has 1 fully saturated rings. The fourth-order valence-corrected chi connectivity index (χ4v) is 2.60. The number of nitrogens with zero attached hydrogens (tertiary/aromatic N) is 1. The van der Waals surface area contributed by atoms with Gasteiger partial charge in [0.15, 0.2) is 0 Å². The van der Waals surface area contributed by atoms with Gasteiger partial charge < -0.3 is 16.4 Å². The van der Waals surface area contributed by atoms with Crippen LogP contribution in [0, 0.1) is 11.3 Å². The minimum Gasteiger partial charge on any atom is -0.398 e. The number of nitriles is 1. The molecule has 0 unspecified atom stereocenters. The van der Waals surface area contributed by atoms with Crippen LogP contribution in [0.2, 0.25) is 5.02 Å². The lowest BCUT2D eigenvalue weighted by Gasteiger charge is -2.21. The van der Waals surface area contributed by atoms with E-state index < -0.39 is 5.91 Å². The average molecular weight is 319 g/mol. The standard InChI is InChI=1S/C16H19ClN4O/c17-14-8-13(6-7-15(14)19)21-16(22)11(9-18)10-20-12-4-2-1-3-5-12/h6-8,10,12,20H,1-5,19H2,(H,21,22)/b11-10-. The number of carbonyl (C=O) groups is 1. The van der Waals surface area contributed by atoms with Crippen LogP contribution in [0.25, 0.3) is 0 Å². The quantitative estimate of drug-likeness (QED) is 0.451. The summed E-state index contributed by atoms with van der Waals surface area (Å²) in [6, 6.07) is 7.06. The van der Waals surface area contributed by atoms with Crippen molar-refractivity contribution >= 4 is 28.9 Å². The van der Waals surface area contributed by atoms with Gasteiger partial charge in [0, 0.05) is 17.9 Å². The third-order valence-corrected chi connectivity index (χ3v) is 4.02. The predicted octanol–water partition coefficient (Wildman–Crippen LogP) is 3.19. The van der Waals surface area contributed by atoms with E-state index in [1.807, 2.05) is 6.07 Å². The number of hydrogen-bond acceptors (Lipinski definition) is 4. The molecule has 0 atom stereocenters.